The Hall–Kier alpha value is -3.46. The molecule has 0 bridgehead atoms. The van der Waals surface area contributed by atoms with E-state index < -0.39 is 0 Å². The first-order valence-corrected chi connectivity index (χ1v) is 9.45. The molecule has 1 fully saturated rings. The van der Waals surface area contributed by atoms with Gasteiger partial charge in [-0.2, -0.15) is 5.26 Å². The smallest absolute Gasteiger partial charge is 0.253 e. The van der Waals surface area contributed by atoms with Crippen LogP contribution in [0.1, 0.15) is 46.2 Å². The summed E-state index contributed by atoms with van der Waals surface area (Å²) in [6.07, 6.45) is 7.55. The molecule has 0 N–H and O–H groups in total. The number of hydrogen-bond acceptors (Lipinski definition) is 4. The minimum atomic E-state index is 0.0111. The van der Waals surface area contributed by atoms with Crippen LogP contribution in [-0.4, -0.2) is 38.4 Å². The molecule has 1 aromatic carbocycles. The van der Waals surface area contributed by atoms with Crippen molar-refractivity contribution in [2.45, 2.75) is 25.3 Å². The van der Waals surface area contributed by atoms with E-state index in [0.717, 1.165) is 30.9 Å². The van der Waals surface area contributed by atoms with Gasteiger partial charge in [-0.15, -0.1) is 0 Å². The van der Waals surface area contributed by atoms with Crippen LogP contribution in [0.4, 0.5) is 0 Å². The van der Waals surface area contributed by atoms with E-state index in [0.29, 0.717) is 24.2 Å². The predicted molar refractivity (Wildman–Crippen MR) is 105 cm³/mol. The molecule has 1 atom stereocenters. The molecule has 0 radical (unpaired) electrons. The lowest BCUT2D eigenvalue weighted by molar-refractivity contribution is 0.0703. The quantitative estimate of drug-likeness (QED) is 0.706. The van der Waals surface area contributed by atoms with Gasteiger partial charge in [-0.1, -0.05) is 6.07 Å². The van der Waals surface area contributed by atoms with Crippen molar-refractivity contribution in [1.29, 1.82) is 5.26 Å². The van der Waals surface area contributed by atoms with E-state index in [-0.39, 0.29) is 11.8 Å². The normalized spacial score (nSPS) is 16.5. The zero-order valence-electron chi connectivity index (χ0n) is 15.5. The SMILES string of the molecule is N#Cc1ccc(C(=O)N2CCCC(c3nccn3Cc3ccccn3)C2)cc1. The van der Waals surface area contributed by atoms with Gasteiger partial charge in [0, 0.05) is 43.2 Å². The molecular formula is C22H21N5O. The van der Waals surface area contributed by atoms with Gasteiger partial charge in [0.25, 0.3) is 5.91 Å². The molecule has 6 heteroatoms. The highest BCUT2D eigenvalue weighted by atomic mass is 16.2. The number of carbonyl (C=O) groups is 1. The second-order valence-corrected chi connectivity index (χ2v) is 7.01. The molecule has 3 aromatic rings. The number of likely N-dealkylation sites (tertiary alicyclic amines) is 1. The van der Waals surface area contributed by atoms with E-state index in [1.54, 1.807) is 30.5 Å². The molecule has 2 aromatic heterocycles. The highest BCUT2D eigenvalue weighted by Gasteiger charge is 2.28. The van der Waals surface area contributed by atoms with Gasteiger partial charge in [0.2, 0.25) is 0 Å². The topological polar surface area (TPSA) is 74.8 Å². The highest BCUT2D eigenvalue weighted by Crippen LogP contribution is 2.27. The van der Waals surface area contributed by atoms with Gasteiger partial charge in [-0.05, 0) is 49.2 Å². The van der Waals surface area contributed by atoms with Crippen LogP contribution in [0.3, 0.4) is 0 Å². The fraction of sp³-hybridized carbons (Fsp3) is 0.273. The fourth-order valence-electron chi connectivity index (χ4n) is 3.72. The Morgan fingerprint density at radius 3 is 2.75 bits per heavy atom. The average molecular weight is 371 g/mol. The van der Waals surface area contributed by atoms with Crippen molar-refractivity contribution in [3.63, 3.8) is 0 Å². The van der Waals surface area contributed by atoms with Crippen molar-refractivity contribution < 1.29 is 4.79 Å². The minimum Gasteiger partial charge on any atom is -0.338 e. The van der Waals surface area contributed by atoms with Crippen LogP contribution in [-0.2, 0) is 6.54 Å². The van der Waals surface area contributed by atoms with E-state index in [2.05, 4.69) is 20.6 Å². The van der Waals surface area contributed by atoms with Gasteiger partial charge in [0.15, 0.2) is 0 Å². The van der Waals surface area contributed by atoms with Crippen LogP contribution in [0, 0.1) is 11.3 Å². The minimum absolute atomic E-state index is 0.0111. The Bertz CT molecular complexity index is 988. The van der Waals surface area contributed by atoms with Gasteiger partial charge in [0.1, 0.15) is 5.82 Å². The third-order valence-electron chi connectivity index (χ3n) is 5.14. The summed E-state index contributed by atoms with van der Waals surface area (Å²) in [5.41, 5.74) is 2.17. The molecule has 1 aliphatic heterocycles. The first-order valence-electron chi connectivity index (χ1n) is 9.45. The predicted octanol–water partition coefficient (Wildman–Crippen LogP) is 3.22. The van der Waals surface area contributed by atoms with Crippen molar-refractivity contribution in [3.8, 4) is 6.07 Å². The Balaban J connectivity index is 1.49. The molecule has 4 rings (SSSR count). The van der Waals surface area contributed by atoms with Crippen LogP contribution in [0.15, 0.2) is 61.1 Å². The molecule has 0 aliphatic carbocycles. The number of imidazole rings is 1. The summed E-state index contributed by atoms with van der Waals surface area (Å²) in [7, 11) is 0. The Morgan fingerprint density at radius 2 is 2.00 bits per heavy atom. The first-order chi connectivity index (χ1) is 13.7. The third kappa shape index (κ3) is 3.79. The van der Waals surface area contributed by atoms with Crippen molar-refractivity contribution in [3.05, 3.63) is 83.7 Å². The van der Waals surface area contributed by atoms with E-state index in [1.165, 1.54) is 0 Å². The largest absolute Gasteiger partial charge is 0.338 e. The number of pyridine rings is 1. The lowest BCUT2D eigenvalue weighted by Crippen LogP contribution is -2.39. The molecule has 1 saturated heterocycles. The molecule has 3 heterocycles. The van der Waals surface area contributed by atoms with Crippen LogP contribution in [0.25, 0.3) is 0 Å². The molecule has 1 aliphatic rings. The van der Waals surface area contributed by atoms with Gasteiger partial charge in [-0.25, -0.2) is 4.98 Å². The maximum Gasteiger partial charge on any atom is 0.253 e. The molecule has 140 valence electrons. The number of nitriles is 1. The van der Waals surface area contributed by atoms with Crippen molar-refractivity contribution in [2.75, 3.05) is 13.1 Å². The molecule has 0 spiro atoms. The van der Waals surface area contributed by atoms with Gasteiger partial charge >= 0.3 is 0 Å². The number of nitrogens with zero attached hydrogens (tertiary/aromatic N) is 5. The highest BCUT2D eigenvalue weighted by molar-refractivity contribution is 5.94. The number of carbonyl (C=O) groups excluding carboxylic acids is 1. The molecule has 6 nitrogen and oxygen atoms in total. The van der Waals surface area contributed by atoms with E-state index in [1.807, 2.05) is 35.5 Å². The second-order valence-electron chi connectivity index (χ2n) is 7.01. The van der Waals surface area contributed by atoms with Crippen LogP contribution in [0.2, 0.25) is 0 Å². The standard InChI is InChI=1S/C22H21N5O/c23-14-17-6-8-18(9-7-17)22(28)27-12-3-4-19(15-27)21-25-11-13-26(21)16-20-5-1-2-10-24-20/h1-2,5-11,13,19H,3-4,12,15-16H2. The summed E-state index contributed by atoms with van der Waals surface area (Å²) in [6, 6.07) is 14.8. The molecule has 0 saturated carbocycles. The van der Waals surface area contributed by atoms with Gasteiger partial charge in [-0.3, -0.25) is 9.78 Å². The third-order valence-corrected chi connectivity index (χ3v) is 5.14. The Kier molecular flexibility index (Phi) is 5.16. The second kappa shape index (κ2) is 8.05. The average Bonchev–Trinajstić information content (AvgIpc) is 3.22. The van der Waals surface area contributed by atoms with Crippen molar-refractivity contribution in [1.82, 2.24) is 19.4 Å². The summed E-state index contributed by atoms with van der Waals surface area (Å²) in [5, 5.41) is 8.93. The van der Waals surface area contributed by atoms with Crippen molar-refractivity contribution in [2.24, 2.45) is 0 Å². The number of amides is 1. The van der Waals surface area contributed by atoms with E-state index >= 15 is 0 Å². The number of aromatic nitrogens is 3. The number of hydrogen-bond donors (Lipinski definition) is 0. The zero-order chi connectivity index (χ0) is 19.3. The lowest BCUT2D eigenvalue weighted by Gasteiger charge is -2.32. The fourth-order valence-corrected chi connectivity index (χ4v) is 3.72. The Labute approximate surface area is 164 Å². The van der Waals surface area contributed by atoms with Crippen LogP contribution >= 0.6 is 0 Å². The zero-order valence-corrected chi connectivity index (χ0v) is 15.5. The summed E-state index contributed by atoms with van der Waals surface area (Å²) >= 11 is 0. The van der Waals surface area contributed by atoms with Crippen LogP contribution < -0.4 is 0 Å². The van der Waals surface area contributed by atoms with E-state index in [4.69, 9.17) is 5.26 Å². The van der Waals surface area contributed by atoms with Crippen LogP contribution in [0.5, 0.6) is 0 Å². The monoisotopic (exact) mass is 371 g/mol. The Morgan fingerprint density at radius 1 is 1.14 bits per heavy atom. The number of benzene rings is 1. The molecule has 1 unspecified atom stereocenters. The molecular weight excluding hydrogens is 350 g/mol. The number of piperidine rings is 1. The van der Waals surface area contributed by atoms with E-state index in [9.17, 15) is 4.79 Å². The maximum atomic E-state index is 12.9. The molecule has 28 heavy (non-hydrogen) atoms. The summed E-state index contributed by atoms with van der Waals surface area (Å²) < 4.78 is 2.13. The maximum absolute atomic E-state index is 12.9. The van der Waals surface area contributed by atoms with Crippen molar-refractivity contribution >= 4 is 5.91 Å². The summed E-state index contributed by atoms with van der Waals surface area (Å²) in [6.45, 7) is 2.07. The first kappa shape index (κ1) is 17.9. The lowest BCUT2D eigenvalue weighted by atomic mass is 9.96. The van der Waals surface area contributed by atoms with Gasteiger partial charge < -0.3 is 9.47 Å². The molecule has 1 amide bonds. The summed E-state index contributed by atoms with van der Waals surface area (Å²) in [4.78, 5) is 23.8. The number of rotatable bonds is 4. The summed E-state index contributed by atoms with van der Waals surface area (Å²) in [5.74, 6) is 1.22. The van der Waals surface area contributed by atoms with Gasteiger partial charge in [0.05, 0.1) is 23.9 Å².